The van der Waals surface area contributed by atoms with Crippen molar-refractivity contribution in [2.24, 2.45) is 11.8 Å². The summed E-state index contributed by atoms with van der Waals surface area (Å²) in [5.41, 5.74) is 0. The molecule has 2 rings (SSSR count). The normalized spacial score (nSPS) is 49.7. The molecule has 2 fully saturated rings. The van der Waals surface area contributed by atoms with Crippen LogP contribution in [0.2, 0.25) is 0 Å². The lowest BCUT2D eigenvalue weighted by Gasteiger charge is -2.08. The Balaban J connectivity index is 2.07. The van der Waals surface area contributed by atoms with Gasteiger partial charge in [-0.15, -0.1) is 0 Å². The van der Waals surface area contributed by atoms with Gasteiger partial charge in [0.2, 0.25) is 0 Å². The molecule has 0 aromatic rings. The molecule has 9 heavy (non-hydrogen) atoms. The molecule has 3 atom stereocenters. The molecule has 2 aliphatic rings. The summed E-state index contributed by atoms with van der Waals surface area (Å²) in [6.45, 7) is 0.797. The second kappa shape index (κ2) is 1.96. The molecule has 0 amide bonds. The average Bonchev–Trinajstić information content (AvgIpc) is 2.35. The molecule has 0 bridgehead atoms. The molecule has 2 heteroatoms. The highest BCUT2D eigenvalue weighted by Crippen LogP contribution is 2.39. The van der Waals surface area contributed by atoms with Crippen molar-refractivity contribution in [1.29, 1.82) is 0 Å². The van der Waals surface area contributed by atoms with E-state index in [1.807, 2.05) is 0 Å². The zero-order valence-corrected chi connectivity index (χ0v) is 5.42. The van der Waals surface area contributed by atoms with Gasteiger partial charge in [-0.05, 0) is 18.8 Å². The molecule has 2 nitrogen and oxygen atoms in total. The highest BCUT2D eigenvalue weighted by molar-refractivity contribution is 4.83. The van der Waals surface area contributed by atoms with E-state index < -0.39 is 6.29 Å². The van der Waals surface area contributed by atoms with E-state index in [-0.39, 0.29) is 0 Å². The summed E-state index contributed by atoms with van der Waals surface area (Å²) in [4.78, 5) is 0. The van der Waals surface area contributed by atoms with Crippen molar-refractivity contribution < 1.29 is 9.84 Å². The third-order valence-corrected chi connectivity index (χ3v) is 2.57. The van der Waals surface area contributed by atoms with E-state index in [9.17, 15) is 5.11 Å². The van der Waals surface area contributed by atoms with Crippen LogP contribution in [0.25, 0.3) is 0 Å². The van der Waals surface area contributed by atoms with Crippen molar-refractivity contribution in [3.63, 3.8) is 0 Å². The van der Waals surface area contributed by atoms with Crippen molar-refractivity contribution in [2.75, 3.05) is 6.61 Å². The van der Waals surface area contributed by atoms with E-state index in [4.69, 9.17) is 4.74 Å². The standard InChI is InChI=1S/C7H12O2/c8-7-6-3-1-2-5(6)4-9-7/h5-8H,1-4H2/t5-,6-,7-/m1/s1. The fourth-order valence-electron chi connectivity index (χ4n) is 1.99. The summed E-state index contributed by atoms with van der Waals surface area (Å²) in [7, 11) is 0. The molecular formula is C7H12O2. The molecule has 1 saturated carbocycles. The minimum atomic E-state index is -0.433. The van der Waals surface area contributed by atoms with E-state index in [2.05, 4.69) is 0 Å². The predicted molar refractivity (Wildman–Crippen MR) is 32.8 cm³/mol. The van der Waals surface area contributed by atoms with Crippen LogP contribution in [0.3, 0.4) is 0 Å². The Hall–Kier alpha value is -0.0800. The molecule has 1 heterocycles. The molecule has 1 saturated heterocycles. The van der Waals surface area contributed by atoms with E-state index in [0.29, 0.717) is 11.8 Å². The number of hydrogen-bond donors (Lipinski definition) is 1. The molecule has 0 spiro atoms. The van der Waals surface area contributed by atoms with E-state index >= 15 is 0 Å². The Morgan fingerprint density at radius 3 is 3.00 bits per heavy atom. The molecular weight excluding hydrogens is 116 g/mol. The Bertz CT molecular complexity index is 113. The summed E-state index contributed by atoms with van der Waals surface area (Å²) < 4.78 is 5.08. The minimum Gasteiger partial charge on any atom is -0.368 e. The Labute approximate surface area is 54.8 Å². The van der Waals surface area contributed by atoms with Gasteiger partial charge in [0.05, 0.1) is 6.61 Å². The first kappa shape index (κ1) is 5.69. The van der Waals surface area contributed by atoms with Crippen molar-refractivity contribution in [3.8, 4) is 0 Å². The topological polar surface area (TPSA) is 29.5 Å². The average molecular weight is 128 g/mol. The maximum atomic E-state index is 9.18. The first-order valence-electron chi connectivity index (χ1n) is 3.67. The molecule has 0 unspecified atom stereocenters. The Morgan fingerprint density at radius 2 is 2.22 bits per heavy atom. The number of rotatable bonds is 0. The van der Waals surface area contributed by atoms with Crippen molar-refractivity contribution >= 4 is 0 Å². The number of fused-ring (bicyclic) bond motifs is 1. The maximum absolute atomic E-state index is 9.18. The lowest BCUT2D eigenvalue weighted by Crippen LogP contribution is -2.14. The molecule has 0 aromatic carbocycles. The lowest BCUT2D eigenvalue weighted by molar-refractivity contribution is -0.0829. The van der Waals surface area contributed by atoms with Gasteiger partial charge >= 0.3 is 0 Å². The van der Waals surface area contributed by atoms with Crippen LogP contribution in [0, 0.1) is 11.8 Å². The lowest BCUT2D eigenvalue weighted by atomic mass is 10.00. The van der Waals surface area contributed by atoms with Crippen LogP contribution in [-0.4, -0.2) is 18.0 Å². The molecule has 1 aliphatic heterocycles. The van der Waals surface area contributed by atoms with E-state index in [1.165, 1.54) is 19.3 Å². The second-order valence-electron chi connectivity index (χ2n) is 3.08. The fraction of sp³-hybridized carbons (Fsp3) is 1.00. The molecule has 52 valence electrons. The van der Waals surface area contributed by atoms with E-state index in [0.717, 1.165) is 6.61 Å². The molecule has 1 aliphatic carbocycles. The Morgan fingerprint density at radius 1 is 1.33 bits per heavy atom. The van der Waals surface area contributed by atoms with Crippen LogP contribution in [0.4, 0.5) is 0 Å². The zero-order chi connectivity index (χ0) is 6.27. The maximum Gasteiger partial charge on any atom is 0.157 e. The SMILES string of the molecule is O[C@@H]1OC[C@H]2CCC[C@H]21. The summed E-state index contributed by atoms with van der Waals surface area (Å²) in [5, 5.41) is 9.18. The number of hydrogen-bond acceptors (Lipinski definition) is 2. The second-order valence-corrected chi connectivity index (χ2v) is 3.08. The quantitative estimate of drug-likeness (QED) is 0.521. The highest BCUT2D eigenvalue weighted by Gasteiger charge is 2.38. The number of aliphatic hydroxyl groups is 1. The van der Waals surface area contributed by atoms with Crippen molar-refractivity contribution in [1.82, 2.24) is 0 Å². The Kier molecular flexibility index (Phi) is 1.24. The number of ether oxygens (including phenoxy) is 1. The van der Waals surface area contributed by atoms with Crippen molar-refractivity contribution in [3.05, 3.63) is 0 Å². The van der Waals surface area contributed by atoms with Crippen LogP contribution in [-0.2, 0) is 4.74 Å². The summed E-state index contributed by atoms with van der Waals surface area (Å²) in [6.07, 6.45) is 3.29. The van der Waals surface area contributed by atoms with Gasteiger partial charge in [-0.2, -0.15) is 0 Å². The monoisotopic (exact) mass is 128 g/mol. The first-order valence-corrected chi connectivity index (χ1v) is 3.67. The van der Waals surface area contributed by atoms with Gasteiger partial charge in [-0.25, -0.2) is 0 Å². The van der Waals surface area contributed by atoms with Crippen molar-refractivity contribution in [2.45, 2.75) is 25.6 Å². The first-order chi connectivity index (χ1) is 4.38. The summed E-state index contributed by atoms with van der Waals surface area (Å²) in [5.74, 6) is 1.16. The van der Waals surface area contributed by atoms with Gasteiger partial charge in [0.1, 0.15) is 0 Å². The minimum absolute atomic E-state index is 0.433. The van der Waals surface area contributed by atoms with Crippen LogP contribution < -0.4 is 0 Å². The summed E-state index contributed by atoms with van der Waals surface area (Å²) >= 11 is 0. The van der Waals surface area contributed by atoms with Gasteiger partial charge < -0.3 is 9.84 Å². The van der Waals surface area contributed by atoms with Crippen LogP contribution in [0.5, 0.6) is 0 Å². The third-order valence-electron chi connectivity index (χ3n) is 2.57. The van der Waals surface area contributed by atoms with Gasteiger partial charge in [-0.1, -0.05) is 6.42 Å². The molecule has 0 aromatic heterocycles. The van der Waals surface area contributed by atoms with Crippen LogP contribution in [0.15, 0.2) is 0 Å². The third kappa shape index (κ3) is 0.775. The van der Waals surface area contributed by atoms with Gasteiger partial charge in [0, 0.05) is 5.92 Å². The molecule has 1 N–H and O–H groups in total. The predicted octanol–water partition coefficient (Wildman–Crippen LogP) is 0.751. The van der Waals surface area contributed by atoms with Gasteiger partial charge in [0.25, 0.3) is 0 Å². The van der Waals surface area contributed by atoms with Gasteiger partial charge in [-0.3, -0.25) is 0 Å². The zero-order valence-electron chi connectivity index (χ0n) is 5.42. The molecule has 0 radical (unpaired) electrons. The highest BCUT2D eigenvalue weighted by atomic mass is 16.6. The van der Waals surface area contributed by atoms with Crippen LogP contribution in [0.1, 0.15) is 19.3 Å². The largest absolute Gasteiger partial charge is 0.368 e. The fourth-order valence-corrected chi connectivity index (χ4v) is 1.99. The smallest absolute Gasteiger partial charge is 0.157 e. The number of aliphatic hydroxyl groups excluding tert-OH is 1. The van der Waals surface area contributed by atoms with E-state index in [1.54, 1.807) is 0 Å². The van der Waals surface area contributed by atoms with Gasteiger partial charge in [0.15, 0.2) is 6.29 Å². The summed E-state index contributed by atoms with van der Waals surface area (Å²) in [6, 6.07) is 0. The van der Waals surface area contributed by atoms with Crippen LogP contribution >= 0.6 is 0 Å².